The molecule has 0 spiro atoms. The number of allylic oxidation sites excluding steroid dienone is 4. The first-order valence-corrected chi connectivity index (χ1v) is 11.2. The molecule has 4 aliphatic carbocycles. The Morgan fingerprint density at radius 3 is 2.66 bits per heavy atom. The first-order valence-electron chi connectivity index (χ1n) is 10.5. The van der Waals surface area contributed by atoms with Crippen LogP contribution in [0.1, 0.15) is 52.9 Å². The second-order valence-electron chi connectivity index (χ2n) is 9.80. The van der Waals surface area contributed by atoms with Crippen LogP contribution >= 0.6 is 23.2 Å². The molecule has 0 aliphatic heterocycles. The lowest BCUT2D eigenvalue weighted by Gasteiger charge is -2.62. The fourth-order valence-electron chi connectivity index (χ4n) is 7.40. The largest absolute Gasteiger partial charge is 0.359 e. The number of fused-ring (bicyclic) bond motifs is 5. The fraction of sp³-hybridized carbons (Fsp3) is 0.739. The van der Waals surface area contributed by atoms with E-state index in [1.54, 1.807) is 26.2 Å². The van der Waals surface area contributed by atoms with Gasteiger partial charge in [-0.2, -0.15) is 0 Å². The standard InChI is InChI=1S/C23H30Cl2O4/c1-14(26)22(29-13-28-4)10-8-18-17-6-5-15-11-16(27)7-9-20(15,2)19(17)23(24,25)12-21(18,22)3/h7,9,11,17-19H,5-6,8,10,12-13H2,1-4H3/t17-,18-,19-,20-,21-,22-/m0/s1. The van der Waals surface area contributed by atoms with Crippen molar-refractivity contribution in [3.63, 3.8) is 0 Å². The number of hydrogen-bond acceptors (Lipinski definition) is 4. The quantitative estimate of drug-likeness (QED) is 0.454. The van der Waals surface area contributed by atoms with E-state index in [9.17, 15) is 9.59 Å². The average Bonchev–Trinajstić information content (AvgIpc) is 2.92. The maximum absolute atomic E-state index is 12.9. The van der Waals surface area contributed by atoms with Gasteiger partial charge in [-0.05, 0) is 63.0 Å². The summed E-state index contributed by atoms with van der Waals surface area (Å²) in [4.78, 5) is 24.9. The highest BCUT2D eigenvalue weighted by Crippen LogP contribution is 2.72. The Hall–Kier alpha value is -0.680. The van der Waals surface area contributed by atoms with Crippen molar-refractivity contribution in [2.45, 2.75) is 62.8 Å². The smallest absolute Gasteiger partial charge is 0.178 e. The van der Waals surface area contributed by atoms with Gasteiger partial charge in [0, 0.05) is 23.9 Å². The van der Waals surface area contributed by atoms with Gasteiger partial charge in [0.05, 0.1) is 0 Å². The molecule has 0 amide bonds. The average molecular weight is 441 g/mol. The van der Waals surface area contributed by atoms with Crippen LogP contribution < -0.4 is 0 Å². The monoisotopic (exact) mass is 440 g/mol. The van der Waals surface area contributed by atoms with E-state index in [0.29, 0.717) is 12.8 Å². The topological polar surface area (TPSA) is 52.6 Å². The van der Waals surface area contributed by atoms with Gasteiger partial charge in [-0.1, -0.05) is 25.5 Å². The number of hydrogen-bond donors (Lipinski definition) is 0. The Kier molecular flexibility index (Phi) is 5.14. The van der Waals surface area contributed by atoms with E-state index in [1.165, 1.54) is 0 Å². The summed E-state index contributed by atoms with van der Waals surface area (Å²) in [5.74, 6) is 0.592. The van der Waals surface area contributed by atoms with Crippen LogP contribution in [0.15, 0.2) is 23.8 Å². The third-order valence-electron chi connectivity index (χ3n) is 8.54. The van der Waals surface area contributed by atoms with Crippen molar-refractivity contribution in [3.8, 4) is 0 Å². The molecule has 29 heavy (non-hydrogen) atoms. The zero-order valence-electron chi connectivity index (χ0n) is 17.6. The van der Waals surface area contributed by atoms with Gasteiger partial charge in [0.2, 0.25) is 0 Å². The third-order valence-corrected chi connectivity index (χ3v) is 9.28. The molecule has 0 aromatic carbocycles. The summed E-state index contributed by atoms with van der Waals surface area (Å²) >= 11 is 14.3. The van der Waals surface area contributed by atoms with Crippen molar-refractivity contribution in [2.24, 2.45) is 28.6 Å². The second kappa shape index (κ2) is 6.91. The molecule has 0 N–H and O–H groups in total. The van der Waals surface area contributed by atoms with Crippen molar-refractivity contribution >= 4 is 34.8 Å². The maximum atomic E-state index is 12.9. The van der Waals surface area contributed by atoms with E-state index in [4.69, 9.17) is 32.7 Å². The molecule has 6 heteroatoms. The molecule has 4 aliphatic rings. The summed E-state index contributed by atoms with van der Waals surface area (Å²) in [5.41, 5.74) is -0.597. The van der Waals surface area contributed by atoms with Gasteiger partial charge in [-0.25, -0.2) is 0 Å². The highest BCUT2D eigenvalue weighted by Gasteiger charge is 2.71. The molecule has 3 fully saturated rings. The molecule has 0 aromatic rings. The van der Waals surface area contributed by atoms with E-state index in [2.05, 4.69) is 13.8 Å². The van der Waals surface area contributed by atoms with Crippen LogP contribution in [0.3, 0.4) is 0 Å². The Balaban J connectivity index is 1.79. The molecule has 3 saturated carbocycles. The van der Waals surface area contributed by atoms with E-state index in [1.807, 2.05) is 6.08 Å². The summed E-state index contributed by atoms with van der Waals surface area (Å²) < 4.78 is 10.3. The number of ketones is 2. The molecule has 6 atom stereocenters. The summed E-state index contributed by atoms with van der Waals surface area (Å²) in [6.45, 7) is 5.97. The molecule has 0 unspecified atom stereocenters. The highest BCUT2D eigenvalue weighted by atomic mass is 35.5. The molecule has 0 heterocycles. The SMILES string of the molecule is COCO[C@]1(C(C)=O)CC[C@H]2[C@@H]3CCC4=CC(=O)C=C[C@]4(C)[C@H]3C(Cl)(Cl)C[C@@]21C. The Labute approximate surface area is 183 Å². The van der Waals surface area contributed by atoms with E-state index < -0.39 is 15.3 Å². The molecular formula is C23H30Cl2O4. The summed E-state index contributed by atoms with van der Waals surface area (Å²) in [6.07, 6.45) is 9.25. The Bertz CT molecular complexity index is 803. The van der Waals surface area contributed by atoms with Crippen LogP contribution in [0.2, 0.25) is 0 Å². The zero-order valence-corrected chi connectivity index (χ0v) is 19.1. The summed E-state index contributed by atoms with van der Waals surface area (Å²) in [7, 11) is 1.57. The number of Topliss-reactive ketones (excluding diaryl/α,β-unsaturated/α-hetero) is 1. The minimum atomic E-state index is -1.03. The molecular weight excluding hydrogens is 411 g/mol. The van der Waals surface area contributed by atoms with Crippen LogP contribution in [-0.2, 0) is 19.1 Å². The molecule has 0 radical (unpaired) electrons. The normalized spacial score (nSPS) is 45.2. The predicted octanol–water partition coefficient (Wildman–Crippen LogP) is 5.03. The summed E-state index contributed by atoms with van der Waals surface area (Å²) in [6, 6.07) is 0. The highest BCUT2D eigenvalue weighted by molar-refractivity contribution is 6.48. The molecule has 4 nitrogen and oxygen atoms in total. The zero-order chi connectivity index (χ0) is 21.2. The van der Waals surface area contributed by atoms with Crippen molar-refractivity contribution in [1.82, 2.24) is 0 Å². The maximum Gasteiger partial charge on any atom is 0.178 e. The number of rotatable bonds is 4. The number of alkyl halides is 2. The number of carbonyl (C=O) groups excluding carboxylic acids is 2. The van der Waals surface area contributed by atoms with Crippen molar-refractivity contribution in [3.05, 3.63) is 23.8 Å². The lowest BCUT2D eigenvalue weighted by atomic mass is 9.46. The molecule has 0 aromatic heterocycles. The van der Waals surface area contributed by atoms with E-state index >= 15 is 0 Å². The van der Waals surface area contributed by atoms with Gasteiger partial charge in [0.25, 0.3) is 0 Å². The van der Waals surface area contributed by atoms with Crippen LogP contribution in [0, 0.1) is 28.6 Å². The fourth-order valence-corrected chi connectivity index (χ4v) is 8.73. The lowest BCUT2D eigenvalue weighted by Crippen LogP contribution is -2.63. The molecule has 0 saturated heterocycles. The van der Waals surface area contributed by atoms with Gasteiger partial charge in [0.15, 0.2) is 11.6 Å². The Morgan fingerprint density at radius 2 is 2.00 bits per heavy atom. The first-order chi connectivity index (χ1) is 13.5. The van der Waals surface area contributed by atoms with Crippen LogP contribution in [-0.4, -0.2) is 35.4 Å². The number of ether oxygens (including phenoxy) is 2. The lowest BCUT2D eigenvalue weighted by molar-refractivity contribution is -0.200. The Morgan fingerprint density at radius 1 is 1.28 bits per heavy atom. The van der Waals surface area contributed by atoms with Gasteiger partial charge in [-0.3, -0.25) is 9.59 Å². The van der Waals surface area contributed by atoms with E-state index in [-0.39, 0.29) is 41.5 Å². The number of methoxy groups -OCH3 is 1. The van der Waals surface area contributed by atoms with Crippen molar-refractivity contribution < 1.29 is 19.1 Å². The van der Waals surface area contributed by atoms with Crippen molar-refractivity contribution in [2.75, 3.05) is 13.9 Å². The van der Waals surface area contributed by atoms with Crippen LogP contribution in [0.25, 0.3) is 0 Å². The van der Waals surface area contributed by atoms with Gasteiger partial charge in [0.1, 0.15) is 16.7 Å². The van der Waals surface area contributed by atoms with Crippen molar-refractivity contribution in [1.29, 1.82) is 0 Å². The minimum Gasteiger partial charge on any atom is -0.359 e. The number of carbonyl (C=O) groups is 2. The second-order valence-corrected chi connectivity index (χ2v) is 11.3. The van der Waals surface area contributed by atoms with E-state index in [0.717, 1.165) is 24.8 Å². The number of halogens is 2. The molecule has 0 bridgehead atoms. The van der Waals surface area contributed by atoms with Crippen LogP contribution in [0.5, 0.6) is 0 Å². The van der Waals surface area contributed by atoms with Gasteiger partial charge >= 0.3 is 0 Å². The predicted molar refractivity (Wildman–Crippen MR) is 113 cm³/mol. The molecule has 160 valence electrons. The van der Waals surface area contributed by atoms with Crippen LogP contribution in [0.4, 0.5) is 0 Å². The van der Waals surface area contributed by atoms with Gasteiger partial charge < -0.3 is 9.47 Å². The minimum absolute atomic E-state index is 0.00839. The summed E-state index contributed by atoms with van der Waals surface area (Å²) in [5, 5.41) is 0. The third kappa shape index (κ3) is 2.86. The molecule has 4 rings (SSSR count). The first kappa shape index (κ1) is 21.5. The van der Waals surface area contributed by atoms with Gasteiger partial charge in [-0.15, -0.1) is 23.2 Å².